The minimum atomic E-state index is 0. The molecule has 112 valence electrons. The molecule has 5 heteroatoms. The number of rotatable bonds is 1. The predicted octanol–water partition coefficient (Wildman–Crippen LogP) is 2.25. The molecule has 1 N–H and O–H groups in total. The third kappa shape index (κ3) is 3.56. The fourth-order valence-electron chi connectivity index (χ4n) is 2.65. The Morgan fingerprint density at radius 3 is 2.35 bits per heavy atom. The SMILES string of the molecule is CN=C(NC)N1CCN(c2cccc(C)c2C)CC1.I. The average Bonchev–Trinajstić information content (AvgIpc) is 2.44. The van der Waals surface area contributed by atoms with Crippen LogP contribution in [0.15, 0.2) is 23.2 Å². The monoisotopic (exact) mass is 388 g/mol. The summed E-state index contributed by atoms with van der Waals surface area (Å²) in [6.45, 7) is 8.51. The number of hydrogen-bond acceptors (Lipinski definition) is 2. The number of aryl methyl sites for hydroxylation is 1. The second kappa shape index (κ2) is 7.71. The minimum Gasteiger partial charge on any atom is -0.368 e. The van der Waals surface area contributed by atoms with E-state index in [1.54, 1.807) is 0 Å². The third-order valence-electron chi connectivity index (χ3n) is 3.93. The smallest absolute Gasteiger partial charge is 0.193 e. The van der Waals surface area contributed by atoms with E-state index in [1.807, 2.05) is 14.1 Å². The highest BCUT2D eigenvalue weighted by Gasteiger charge is 2.20. The molecule has 0 bridgehead atoms. The first-order chi connectivity index (χ1) is 9.17. The second-order valence-electron chi connectivity index (χ2n) is 4.99. The summed E-state index contributed by atoms with van der Waals surface area (Å²) >= 11 is 0. The lowest BCUT2D eigenvalue weighted by atomic mass is 10.1. The highest BCUT2D eigenvalue weighted by atomic mass is 127. The van der Waals surface area contributed by atoms with E-state index in [4.69, 9.17) is 0 Å². The first-order valence-electron chi connectivity index (χ1n) is 6.88. The van der Waals surface area contributed by atoms with Gasteiger partial charge in [0.05, 0.1) is 0 Å². The minimum absolute atomic E-state index is 0. The molecule has 2 rings (SSSR count). The summed E-state index contributed by atoms with van der Waals surface area (Å²) in [4.78, 5) is 9.05. The van der Waals surface area contributed by atoms with Crippen molar-refractivity contribution in [1.29, 1.82) is 0 Å². The number of benzene rings is 1. The summed E-state index contributed by atoms with van der Waals surface area (Å²) in [6.07, 6.45) is 0. The van der Waals surface area contributed by atoms with Crippen LogP contribution in [0.25, 0.3) is 0 Å². The van der Waals surface area contributed by atoms with Crippen LogP contribution in [-0.2, 0) is 0 Å². The molecule has 1 aliphatic rings. The Hall–Kier alpha value is -0.980. The molecule has 0 spiro atoms. The van der Waals surface area contributed by atoms with Gasteiger partial charge in [0.1, 0.15) is 0 Å². The van der Waals surface area contributed by atoms with E-state index >= 15 is 0 Å². The number of nitrogens with zero attached hydrogens (tertiary/aromatic N) is 3. The van der Waals surface area contributed by atoms with Crippen LogP contribution in [0, 0.1) is 13.8 Å². The van der Waals surface area contributed by atoms with Crippen LogP contribution in [0.2, 0.25) is 0 Å². The Morgan fingerprint density at radius 1 is 1.15 bits per heavy atom. The molecule has 20 heavy (non-hydrogen) atoms. The molecule has 1 aliphatic heterocycles. The number of piperazine rings is 1. The lowest BCUT2D eigenvalue weighted by Gasteiger charge is -2.38. The summed E-state index contributed by atoms with van der Waals surface area (Å²) in [5.74, 6) is 0.987. The Kier molecular flexibility index (Phi) is 6.58. The maximum atomic E-state index is 4.27. The Morgan fingerprint density at radius 2 is 1.80 bits per heavy atom. The van der Waals surface area contributed by atoms with Gasteiger partial charge in [-0.15, -0.1) is 24.0 Å². The normalized spacial score (nSPS) is 15.9. The molecular weight excluding hydrogens is 363 g/mol. The molecule has 1 heterocycles. The van der Waals surface area contributed by atoms with Crippen LogP contribution < -0.4 is 10.2 Å². The standard InChI is InChI=1S/C15H24N4.HI/c1-12-6-5-7-14(13(12)2)18-8-10-19(11-9-18)15(16-3)17-4;/h5-7H,8-11H2,1-4H3,(H,16,17);1H. The van der Waals surface area contributed by atoms with Gasteiger partial charge in [-0.05, 0) is 31.0 Å². The molecule has 1 saturated heterocycles. The molecule has 4 nitrogen and oxygen atoms in total. The molecule has 0 aliphatic carbocycles. The zero-order chi connectivity index (χ0) is 13.8. The van der Waals surface area contributed by atoms with Crippen molar-refractivity contribution in [3.05, 3.63) is 29.3 Å². The number of anilines is 1. The topological polar surface area (TPSA) is 30.9 Å². The molecule has 0 aromatic heterocycles. The van der Waals surface area contributed by atoms with Crippen molar-refractivity contribution in [2.75, 3.05) is 45.2 Å². The van der Waals surface area contributed by atoms with E-state index in [9.17, 15) is 0 Å². The van der Waals surface area contributed by atoms with E-state index in [1.165, 1.54) is 16.8 Å². The van der Waals surface area contributed by atoms with Gasteiger partial charge in [0.15, 0.2) is 5.96 Å². The maximum Gasteiger partial charge on any atom is 0.193 e. The fraction of sp³-hybridized carbons (Fsp3) is 0.533. The molecule has 1 fully saturated rings. The van der Waals surface area contributed by atoms with Crippen LogP contribution in [0.5, 0.6) is 0 Å². The molecule has 0 radical (unpaired) electrons. The van der Waals surface area contributed by atoms with Crippen LogP contribution in [-0.4, -0.2) is 51.1 Å². The predicted molar refractivity (Wildman–Crippen MR) is 97.5 cm³/mol. The van der Waals surface area contributed by atoms with E-state index in [-0.39, 0.29) is 24.0 Å². The maximum absolute atomic E-state index is 4.27. The van der Waals surface area contributed by atoms with Crippen LogP contribution in [0.4, 0.5) is 5.69 Å². The lowest BCUT2D eigenvalue weighted by Crippen LogP contribution is -2.52. The third-order valence-corrected chi connectivity index (χ3v) is 3.93. The van der Waals surface area contributed by atoms with Gasteiger partial charge in [-0.1, -0.05) is 12.1 Å². The Balaban J connectivity index is 0.00000200. The first-order valence-corrected chi connectivity index (χ1v) is 6.88. The van der Waals surface area contributed by atoms with Gasteiger partial charge >= 0.3 is 0 Å². The van der Waals surface area contributed by atoms with Gasteiger partial charge in [0, 0.05) is 46.0 Å². The van der Waals surface area contributed by atoms with E-state index < -0.39 is 0 Å². The zero-order valence-corrected chi connectivity index (χ0v) is 15.1. The summed E-state index contributed by atoms with van der Waals surface area (Å²) < 4.78 is 0. The molecule has 1 aromatic rings. The molecule has 0 saturated carbocycles. The Bertz CT molecular complexity index is 465. The number of guanidine groups is 1. The van der Waals surface area contributed by atoms with Gasteiger partial charge in [-0.3, -0.25) is 4.99 Å². The van der Waals surface area contributed by atoms with Gasteiger partial charge in [-0.25, -0.2) is 0 Å². The number of hydrogen-bond donors (Lipinski definition) is 1. The fourth-order valence-corrected chi connectivity index (χ4v) is 2.65. The second-order valence-corrected chi connectivity index (χ2v) is 4.99. The first kappa shape index (κ1) is 17.1. The van der Waals surface area contributed by atoms with Crippen LogP contribution in [0.3, 0.4) is 0 Å². The molecule has 0 amide bonds. The van der Waals surface area contributed by atoms with Gasteiger partial charge < -0.3 is 15.1 Å². The summed E-state index contributed by atoms with van der Waals surface area (Å²) in [5, 5.41) is 3.15. The van der Waals surface area contributed by atoms with Crippen LogP contribution >= 0.6 is 24.0 Å². The number of nitrogens with one attached hydrogen (secondary N) is 1. The lowest BCUT2D eigenvalue weighted by molar-refractivity contribution is 0.375. The molecule has 0 unspecified atom stereocenters. The van der Waals surface area contributed by atoms with Gasteiger partial charge in [-0.2, -0.15) is 0 Å². The van der Waals surface area contributed by atoms with Crippen molar-refractivity contribution in [3.63, 3.8) is 0 Å². The highest BCUT2D eigenvalue weighted by molar-refractivity contribution is 14.0. The Labute approximate surface area is 139 Å². The zero-order valence-electron chi connectivity index (χ0n) is 12.8. The van der Waals surface area contributed by atoms with Crippen molar-refractivity contribution in [2.24, 2.45) is 4.99 Å². The van der Waals surface area contributed by atoms with E-state index in [0.29, 0.717) is 0 Å². The number of halogens is 1. The summed E-state index contributed by atoms with van der Waals surface area (Å²) in [5.41, 5.74) is 4.14. The van der Waals surface area contributed by atoms with Gasteiger partial charge in [0.2, 0.25) is 0 Å². The van der Waals surface area contributed by atoms with Crippen molar-refractivity contribution in [2.45, 2.75) is 13.8 Å². The summed E-state index contributed by atoms with van der Waals surface area (Å²) in [7, 11) is 3.77. The van der Waals surface area contributed by atoms with Crippen molar-refractivity contribution in [3.8, 4) is 0 Å². The van der Waals surface area contributed by atoms with Crippen molar-refractivity contribution in [1.82, 2.24) is 10.2 Å². The highest BCUT2D eigenvalue weighted by Crippen LogP contribution is 2.23. The van der Waals surface area contributed by atoms with E-state index in [2.05, 4.69) is 52.2 Å². The van der Waals surface area contributed by atoms with Crippen molar-refractivity contribution < 1.29 is 0 Å². The van der Waals surface area contributed by atoms with Gasteiger partial charge in [0.25, 0.3) is 0 Å². The van der Waals surface area contributed by atoms with E-state index in [0.717, 1.165) is 32.1 Å². The van der Waals surface area contributed by atoms with Crippen LogP contribution in [0.1, 0.15) is 11.1 Å². The molecule has 1 aromatic carbocycles. The largest absolute Gasteiger partial charge is 0.368 e. The van der Waals surface area contributed by atoms with Crippen molar-refractivity contribution >= 4 is 35.6 Å². The average molecular weight is 388 g/mol. The number of aliphatic imine (C=N–C) groups is 1. The summed E-state index contributed by atoms with van der Waals surface area (Å²) in [6, 6.07) is 6.55. The molecular formula is C15H25IN4. The quantitative estimate of drug-likeness (QED) is 0.455. The molecule has 0 atom stereocenters.